The Balaban J connectivity index is 1.91. The van der Waals surface area contributed by atoms with Gasteiger partial charge in [-0.15, -0.1) is 0 Å². The highest BCUT2D eigenvalue weighted by Crippen LogP contribution is 2.10. The van der Waals surface area contributed by atoms with Gasteiger partial charge in [-0.1, -0.05) is 0 Å². The number of esters is 1. The first-order chi connectivity index (χ1) is 9.60. The average molecular weight is 280 g/mol. The lowest BCUT2D eigenvalue weighted by atomic mass is 10.2. The molecule has 6 heteroatoms. The van der Waals surface area contributed by atoms with E-state index in [-0.39, 0.29) is 12.1 Å². The second-order valence-corrected chi connectivity index (χ2v) is 4.23. The van der Waals surface area contributed by atoms with Crippen LogP contribution in [0.2, 0.25) is 0 Å². The summed E-state index contributed by atoms with van der Waals surface area (Å²) in [6, 6.07) is 6.65. The van der Waals surface area contributed by atoms with Crippen LogP contribution >= 0.6 is 0 Å². The molecule has 2 N–H and O–H groups in total. The first-order valence-corrected chi connectivity index (χ1v) is 6.01. The van der Waals surface area contributed by atoms with Crippen molar-refractivity contribution < 1.29 is 18.3 Å². The number of H-pyrrole nitrogens is 1. The van der Waals surface area contributed by atoms with Gasteiger partial charge in [-0.05, 0) is 30.3 Å². The van der Waals surface area contributed by atoms with E-state index < -0.39 is 17.6 Å². The van der Waals surface area contributed by atoms with Crippen LogP contribution in [0.1, 0.15) is 21.7 Å². The molecule has 0 aliphatic rings. The first-order valence-electron chi connectivity index (χ1n) is 6.01. The highest BCUT2D eigenvalue weighted by molar-refractivity contribution is 5.87. The van der Waals surface area contributed by atoms with Gasteiger partial charge in [0.25, 0.3) is 0 Å². The largest absolute Gasteiger partial charge is 0.464 e. The van der Waals surface area contributed by atoms with Gasteiger partial charge in [0.05, 0.1) is 7.11 Å². The monoisotopic (exact) mass is 280 g/mol. The Hall–Kier alpha value is -2.21. The van der Waals surface area contributed by atoms with Crippen molar-refractivity contribution in [3.05, 3.63) is 58.9 Å². The maximum absolute atomic E-state index is 13.4. The molecule has 1 heterocycles. The Morgan fingerprint density at radius 3 is 2.80 bits per heavy atom. The Morgan fingerprint density at radius 2 is 2.05 bits per heavy atom. The second-order valence-electron chi connectivity index (χ2n) is 4.23. The summed E-state index contributed by atoms with van der Waals surface area (Å²) in [5.74, 6) is -1.39. The third kappa shape index (κ3) is 3.42. The van der Waals surface area contributed by atoms with Gasteiger partial charge in [0.2, 0.25) is 0 Å². The van der Waals surface area contributed by atoms with Gasteiger partial charge in [0.1, 0.15) is 17.3 Å². The molecule has 0 atom stereocenters. The summed E-state index contributed by atoms with van der Waals surface area (Å²) < 4.78 is 30.9. The van der Waals surface area contributed by atoms with Crippen LogP contribution in [0.4, 0.5) is 8.78 Å². The number of ether oxygens (including phenoxy) is 1. The lowest BCUT2D eigenvalue weighted by molar-refractivity contribution is 0.0594. The van der Waals surface area contributed by atoms with Gasteiger partial charge < -0.3 is 15.0 Å². The van der Waals surface area contributed by atoms with Crippen molar-refractivity contribution >= 4 is 5.97 Å². The molecular weight excluding hydrogens is 266 g/mol. The molecule has 4 nitrogen and oxygen atoms in total. The highest BCUT2D eigenvalue weighted by Gasteiger charge is 2.08. The number of aromatic amines is 1. The Bertz CT molecular complexity index is 611. The Morgan fingerprint density at radius 1 is 1.25 bits per heavy atom. The van der Waals surface area contributed by atoms with Crippen molar-refractivity contribution in [1.82, 2.24) is 10.3 Å². The number of benzene rings is 1. The number of carbonyl (C=O) groups is 1. The molecular formula is C14H14F2N2O2. The molecule has 106 valence electrons. The zero-order chi connectivity index (χ0) is 14.5. The third-order valence-corrected chi connectivity index (χ3v) is 2.79. The van der Waals surface area contributed by atoms with Crippen molar-refractivity contribution in [2.24, 2.45) is 0 Å². The van der Waals surface area contributed by atoms with Gasteiger partial charge in [0.15, 0.2) is 0 Å². The number of carbonyl (C=O) groups excluding carboxylic acids is 1. The smallest absolute Gasteiger partial charge is 0.354 e. The summed E-state index contributed by atoms with van der Waals surface area (Å²) in [6.07, 6.45) is 0. The van der Waals surface area contributed by atoms with Crippen LogP contribution in [-0.2, 0) is 17.8 Å². The van der Waals surface area contributed by atoms with E-state index in [1.54, 1.807) is 12.1 Å². The molecule has 2 aromatic rings. The fourth-order valence-corrected chi connectivity index (χ4v) is 1.78. The molecule has 0 fully saturated rings. The summed E-state index contributed by atoms with van der Waals surface area (Å²) >= 11 is 0. The average Bonchev–Trinajstić information content (AvgIpc) is 2.90. The molecule has 0 saturated heterocycles. The first kappa shape index (κ1) is 14.2. The highest BCUT2D eigenvalue weighted by atomic mass is 19.1. The Kier molecular flexibility index (Phi) is 4.47. The van der Waals surface area contributed by atoms with Gasteiger partial charge in [-0.3, -0.25) is 0 Å². The van der Waals surface area contributed by atoms with E-state index in [9.17, 15) is 13.6 Å². The number of rotatable bonds is 5. The Labute approximate surface area is 114 Å². The summed E-state index contributed by atoms with van der Waals surface area (Å²) in [4.78, 5) is 14.1. The molecule has 0 unspecified atom stereocenters. The fraction of sp³-hybridized carbons (Fsp3) is 0.214. The third-order valence-electron chi connectivity index (χ3n) is 2.79. The van der Waals surface area contributed by atoms with Crippen LogP contribution in [0.5, 0.6) is 0 Å². The molecule has 2 rings (SSSR count). The second kappa shape index (κ2) is 6.29. The lowest BCUT2D eigenvalue weighted by Gasteiger charge is -2.05. The summed E-state index contributed by atoms with van der Waals surface area (Å²) in [5, 5.41) is 2.97. The minimum atomic E-state index is -0.476. The molecule has 1 aromatic heterocycles. The molecule has 0 amide bonds. The SMILES string of the molecule is COC(=O)c1ccc(CNCc2cc(F)ccc2F)[nH]1. The lowest BCUT2D eigenvalue weighted by Crippen LogP contribution is -2.14. The minimum absolute atomic E-state index is 0.191. The number of hydrogen-bond acceptors (Lipinski definition) is 3. The van der Waals surface area contributed by atoms with E-state index in [1.165, 1.54) is 7.11 Å². The van der Waals surface area contributed by atoms with Crippen LogP contribution in [0, 0.1) is 11.6 Å². The number of halogens is 2. The van der Waals surface area contributed by atoms with Crippen molar-refractivity contribution in [3.63, 3.8) is 0 Å². The maximum atomic E-state index is 13.4. The van der Waals surface area contributed by atoms with Gasteiger partial charge >= 0.3 is 5.97 Å². The standard InChI is InChI=1S/C14H14F2N2O2/c1-20-14(19)13-5-3-11(18-13)8-17-7-9-6-10(15)2-4-12(9)16/h2-6,17-18H,7-8H2,1H3. The number of hydrogen-bond donors (Lipinski definition) is 2. The predicted molar refractivity (Wildman–Crippen MR) is 69.0 cm³/mol. The topological polar surface area (TPSA) is 54.1 Å². The van der Waals surface area contributed by atoms with Crippen molar-refractivity contribution in [1.29, 1.82) is 0 Å². The zero-order valence-corrected chi connectivity index (χ0v) is 10.9. The van der Waals surface area contributed by atoms with Crippen LogP contribution in [-0.4, -0.2) is 18.1 Å². The number of nitrogens with one attached hydrogen (secondary N) is 2. The quantitative estimate of drug-likeness (QED) is 0.827. The summed E-state index contributed by atoms with van der Waals surface area (Å²) in [6.45, 7) is 0.586. The summed E-state index contributed by atoms with van der Waals surface area (Å²) in [7, 11) is 1.30. The van der Waals surface area contributed by atoms with Crippen LogP contribution in [0.25, 0.3) is 0 Å². The van der Waals surface area contributed by atoms with E-state index >= 15 is 0 Å². The zero-order valence-electron chi connectivity index (χ0n) is 10.9. The molecule has 1 aromatic carbocycles. The van der Waals surface area contributed by atoms with Gasteiger partial charge in [-0.2, -0.15) is 0 Å². The number of methoxy groups -OCH3 is 1. The molecule has 0 aliphatic carbocycles. The number of aromatic nitrogens is 1. The van der Waals surface area contributed by atoms with E-state index in [2.05, 4.69) is 15.0 Å². The predicted octanol–water partition coefficient (Wildman–Crippen LogP) is 2.37. The molecule has 0 saturated carbocycles. The molecule has 0 bridgehead atoms. The molecule has 0 aliphatic heterocycles. The fourth-order valence-electron chi connectivity index (χ4n) is 1.78. The van der Waals surface area contributed by atoms with E-state index in [0.29, 0.717) is 12.2 Å². The van der Waals surface area contributed by atoms with Crippen molar-refractivity contribution in [2.45, 2.75) is 13.1 Å². The van der Waals surface area contributed by atoms with Gasteiger partial charge in [0, 0.05) is 24.3 Å². The minimum Gasteiger partial charge on any atom is -0.464 e. The van der Waals surface area contributed by atoms with E-state index in [1.807, 2.05) is 0 Å². The molecule has 20 heavy (non-hydrogen) atoms. The summed E-state index contributed by atoms with van der Waals surface area (Å²) in [5.41, 5.74) is 1.35. The molecule has 0 radical (unpaired) electrons. The normalized spacial score (nSPS) is 10.6. The van der Waals surface area contributed by atoms with Gasteiger partial charge in [-0.25, -0.2) is 13.6 Å². The van der Waals surface area contributed by atoms with E-state index in [0.717, 1.165) is 23.9 Å². The maximum Gasteiger partial charge on any atom is 0.354 e. The molecule has 0 spiro atoms. The van der Waals surface area contributed by atoms with Crippen LogP contribution in [0.15, 0.2) is 30.3 Å². The van der Waals surface area contributed by atoms with Crippen LogP contribution < -0.4 is 5.32 Å². The van der Waals surface area contributed by atoms with E-state index in [4.69, 9.17) is 0 Å². The van der Waals surface area contributed by atoms with Crippen molar-refractivity contribution in [2.75, 3.05) is 7.11 Å². The van der Waals surface area contributed by atoms with Crippen LogP contribution in [0.3, 0.4) is 0 Å². The van der Waals surface area contributed by atoms with Crippen molar-refractivity contribution in [3.8, 4) is 0 Å².